The number of aromatic nitrogens is 1. The molecule has 0 spiro atoms. The number of rotatable bonds is 5. The van der Waals surface area contributed by atoms with Gasteiger partial charge in [0.15, 0.2) is 0 Å². The van der Waals surface area contributed by atoms with Crippen LogP contribution < -0.4 is 5.32 Å². The van der Waals surface area contributed by atoms with Crippen LogP contribution in [0.3, 0.4) is 0 Å². The second-order valence-corrected chi connectivity index (χ2v) is 8.14. The van der Waals surface area contributed by atoms with Crippen molar-refractivity contribution in [1.82, 2.24) is 10.3 Å². The topological polar surface area (TPSA) is 24.9 Å². The second kappa shape index (κ2) is 7.23. The van der Waals surface area contributed by atoms with Gasteiger partial charge >= 0.3 is 0 Å². The molecular formula is C18H32N2S. The quantitative estimate of drug-likeness (QED) is 0.746. The minimum Gasteiger partial charge on any atom is -0.306 e. The molecule has 21 heavy (non-hydrogen) atoms. The van der Waals surface area contributed by atoms with E-state index in [1.165, 1.54) is 42.8 Å². The number of thiazole rings is 1. The van der Waals surface area contributed by atoms with Crippen LogP contribution in [-0.4, -0.2) is 11.5 Å². The Kier molecular flexibility index (Phi) is 5.84. The lowest BCUT2D eigenvalue weighted by Crippen LogP contribution is -2.42. The van der Waals surface area contributed by atoms with Gasteiger partial charge < -0.3 is 5.32 Å². The lowest BCUT2D eigenvalue weighted by molar-refractivity contribution is 0.279. The number of hydrogen-bond acceptors (Lipinski definition) is 3. The van der Waals surface area contributed by atoms with Gasteiger partial charge in [0, 0.05) is 5.38 Å². The van der Waals surface area contributed by atoms with Crippen LogP contribution in [0.2, 0.25) is 0 Å². The highest BCUT2D eigenvalue weighted by molar-refractivity contribution is 7.09. The van der Waals surface area contributed by atoms with Gasteiger partial charge in [0.2, 0.25) is 0 Å². The normalized spacial score (nSPS) is 27.3. The van der Waals surface area contributed by atoms with Crippen LogP contribution in [0.4, 0.5) is 0 Å². The summed E-state index contributed by atoms with van der Waals surface area (Å²) in [6.45, 7) is 12.5. The van der Waals surface area contributed by atoms with Crippen molar-refractivity contribution in [1.29, 1.82) is 0 Å². The average Bonchev–Trinajstić information content (AvgIpc) is 2.83. The molecule has 1 heterocycles. The molecule has 0 radical (unpaired) electrons. The largest absolute Gasteiger partial charge is 0.306 e. The van der Waals surface area contributed by atoms with Gasteiger partial charge in [-0.2, -0.15) is 0 Å². The Morgan fingerprint density at radius 2 is 2.05 bits per heavy atom. The summed E-state index contributed by atoms with van der Waals surface area (Å²) in [5.74, 6) is 2.22. The fraction of sp³-hybridized carbons (Fsp3) is 0.833. The summed E-state index contributed by atoms with van der Waals surface area (Å²) in [7, 11) is 0. The maximum Gasteiger partial charge on any atom is 0.113 e. The minimum absolute atomic E-state index is 0.135. The molecule has 2 nitrogen and oxygen atoms in total. The first-order valence-corrected chi connectivity index (χ1v) is 9.57. The fourth-order valence-corrected chi connectivity index (χ4v) is 4.83. The molecule has 0 aliphatic heterocycles. The van der Waals surface area contributed by atoms with Crippen LogP contribution in [0.15, 0.2) is 5.38 Å². The molecule has 3 heteroatoms. The first-order valence-electron chi connectivity index (χ1n) is 8.69. The van der Waals surface area contributed by atoms with Gasteiger partial charge in [0.05, 0.1) is 11.2 Å². The van der Waals surface area contributed by atoms with E-state index in [0.29, 0.717) is 5.92 Å². The van der Waals surface area contributed by atoms with E-state index >= 15 is 0 Å². The molecule has 0 amide bonds. The summed E-state index contributed by atoms with van der Waals surface area (Å²) in [4.78, 5) is 4.99. The van der Waals surface area contributed by atoms with E-state index in [2.05, 4.69) is 45.3 Å². The maximum atomic E-state index is 4.99. The van der Waals surface area contributed by atoms with Crippen molar-refractivity contribution in [3.05, 3.63) is 16.1 Å². The summed E-state index contributed by atoms with van der Waals surface area (Å²) in [5.41, 5.74) is 1.40. The van der Waals surface area contributed by atoms with E-state index < -0.39 is 0 Å². The highest BCUT2D eigenvalue weighted by Gasteiger charge is 2.37. The summed E-state index contributed by atoms with van der Waals surface area (Å²) >= 11 is 1.87. The minimum atomic E-state index is 0.135. The molecule has 2 unspecified atom stereocenters. The van der Waals surface area contributed by atoms with Crippen LogP contribution in [-0.2, 0) is 5.54 Å². The van der Waals surface area contributed by atoms with Crippen molar-refractivity contribution in [3.63, 3.8) is 0 Å². The third-order valence-electron chi connectivity index (χ3n) is 5.10. The number of nitrogens with one attached hydrogen (secondary N) is 1. The standard InChI is InChI=1S/C18H32N2S/c1-6-19-18(17-20-16(12-21-17)14(4)5)10-7-8-15(9-11-18)13(2)3/h12-15,19H,6-11H2,1-5H3. The highest BCUT2D eigenvalue weighted by atomic mass is 32.1. The molecule has 1 N–H and O–H groups in total. The highest BCUT2D eigenvalue weighted by Crippen LogP contribution is 2.41. The molecule has 2 atom stereocenters. The zero-order valence-corrected chi connectivity index (χ0v) is 15.2. The monoisotopic (exact) mass is 308 g/mol. The summed E-state index contributed by atoms with van der Waals surface area (Å²) in [6, 6.07) is 0. The molecule has 0 bridgehead atoms. The van der Waals surface area contributed by atoms with E-state index in [4.69, 9.17) is 4.98 Å². The van der Waals surface area contributed by atoms with Crippen molar-refractivity contribution in [2.24, 2.45) is 11.8 Å². The third-order valence-corrected chi connectivity index (χ3v) is 6.17. The predicted octanol–water partition coefficient (Wildman–Crippen LogP) is 5.31. The first kappa shape index (κ1) is 17.0. The van der Waals surface area contributed by atoms with E-state index in [1.807, 2.05) is 11.3 Å². The Balaban J connectivity index is 2.23. The van der Waals surface area contributed by atoms with Crippen molar-refractivity contribution in [3.8, 4) is 0 Å². The second-order valence-electron chi connectivity index (χ2n) is 7.28. The Hall–Kier alpha value is -0.410. The molecule has 2 rings (SSSR count). The van der Waals surface area contributed by atoms with E-state index in [9.17, 15) is 0 Å². The number of nitrogens with zero attached hydrogens (tertiary/aromatic N) is 1. The first-order chi connectivity index (χ1) is 9.98. The third kappa shape index (κ3) is 3.87. The van der Waals surface area contributed by atoms with Gasteiger partial charge in [-0.15, -0.1) is 11.3 Å². The smallest absolute Gasteiger partial charge is 0.113 e. The number of hydrogen-bond donors (Lipinski definition) is 1. The van der Waals surface area contributed by atoms with E-state index in [-0.39, 0.29) is 5.54 Å². The van der Waals surface area contributed by atoms with Crippen molar-refractivity contribution in [2.45, 2.75) is 78.2 Å². The zero-order chi connectivity index (χ0) is 15.5. The molecule has 1 aromatic rings. The molecule has 0 aromatic carbocycles. The SMILES string of the molecule is CCNC1(c2nc(C(C)C)cs2)CCCC(C(C)C)CC1. The van der Waals surface area contributed by atoms with Crippen molar-refractivity contribution < 1.29 is 0 Å². The molecule has 1 fully saturated rings. The van der Waals surface area contributed by atoms with Crippen LogP contribution in [0, 0.1) is 11.8 Å². The molecule has 1 aliphatic carbocycles. The zero-order valence-electron chi connectivity index (χ0n) is 14.4. The van der Waals surface area contributed by atoms with Crippen LogP contribution in [0.5, 0.6) is 0 Å². The van der Waals surface area contributed by atoms with Gasteiger partial charge in [-0.3, -0.25) is 0 Å². The predicted molar refractivity (Wildman–Crippen MR) is 93.0 cm³/mol. The lowest BCUT2D eigenvalue weighted by Gasteiger charge is -2.32. The Labute approximate surface area is 134 Å². The van der Waals surface area contributed by atoms with Crippen LogP contribution >= 0.6 is 11.3 Å². The van der Waals surface area contributed by atoms with Crippen molar-refractivity contribution >= 4 is 11.3 Å². The van der Waals surface area contributed by atoms with Gasteiger partial charge in [-0.1, -0.05) is 47.5 Å². The Morgan fingerprint density at radius 1 is 1.29 bits per heavy atom. The maximum absolute atomic E-state index is 4.99. The molecule has 1 saturated carbocycles. The van der Waals surface area contributed by atoms with Gasteiger partial charge in [-0.25, -0.2) is 4.98 Å². The summed E-state index contributed by atoms with van der Waals surface area (Å²) in [5, 5.41) is 7.41. The van der Waals surface area contributed by atoms with Crippen LogP contribution in [0.25, 0.3) is 0 Å². The summed E-state index contributed by atoms with van der Waals surface area (Å²) in [6.07, 6.45) is 6.53. The Morgan fingerprint density at radius 3 is 2.62 bits per heavy atom. The average molecular weight is 309 g/mol. The van der Waals surface area contributed by atoms with Gasteiger partial charge in [0.25, 0.3) is 0 Å². The van der Waals surface area contributed by atoms with E-state index in [0.717, 1.165) is 18.4 Å². The van der Waals surface area contributed by atoms with Crippen LogP contribution in [0.1, 0.15) is 83.3 Å². The fourth-order valence-electron chi connectivity index (χ4n) is 3.61. The molecular weight excluding hydrogens is 276 g/mol. The van der Waals surface area contributed by atoms with Gasteiger partial charge in [-0.05, 0) is 43.6 Å². The molecule has 1 aliphatic rings. The molecule has 0 saturated heterocycles. The van der Waals surface area contributed by atoms with E-state index in [1.54, 1.807) is 0 Å². The van der Waals surface area contributed by atoms with Gasteiger partial charge in [0.1, 0.15) is 5.01 Å². The molecule has 120 valence electrons. The van der Waals surface area contributed by atoms with Crippen molar-refractivity contribution in [2.75, 3.05) is 6.54 Å². The molecule has 1 aromatic heterocycles. The Bertz CT molecular complexity index is 438. The lowest BCUT2D eigenvalue weighted by atomic mass is 9.86. The summed E-state index contributed by atoms with van der Waals surface area (Å²) < 4.78 is 0.